The van der Waals surface area contributed by atoms with Gasteiger partial charge in [-0.25, -0.2) is 4.79 Å². The monoisotopic (exact) mass is 291 g/mol. The lowest BCUT2D eigenvalue weighted by atomic mass is 10.1. The van der Waals surface area contributed by atoms with E-state index in [-0.39, 0.29) is 18.9 Å². The highest BCUT2D eigenvalue weighted by Gasteiger charge is 2.40. The highest BCUT2D eigenvalue weighted by Crippen LogP contribution is 2.28. The van der Waals surface area contributed by atoms with Gasteiger partial charge in [-0.15, -0.1) is 0 Å². The van der Waals surface area contributed by atoms with Crippen LogP contribution in [0.1, 0.15) is 22.3 Å². The van der Waals surface area contributed by atoms with Crippen molar-refractivity contribution in [1.82, 2.24) is 4.90 Å². The van der Waals surface area contributed by atoms with Gasteiger partial charge in [0.1, 0.15) is 11.8 Å². The van der Waals surface area contributed by atoms with E-state index in [1.54, 1.807) is 18.2 Å². The van der Waals surface area contributed by atoms with Crippen LogP contribution in [0.4, 0.5) is 0 Å². The fourth-order valence-corrected chi connectivity index (χ4v) is 2.88. The van der Waals surface area contributed by atoms with Crippen LogP contribution in [0.3, 0.4) is 0 Å². The molecule has 2 atom stereocenters. The number of carbonyl (C=O) groups excluding carboxylic acids is 2. The van der Waals surface area contributed by atoms with E-state index in [9.17, 15) is 14.7 Å². The van der Waals surface area contributed by atoms with Gasteiger partial charge in [-0.2, -0.15) is 0 Å². The second-order valence-electron chi connectivity index (χ2n) is 5.31. The first-order chi connectivity index (χ1) is 10.1. The topological polar surface area (TPSA) is 76.1 Å². The summed E-state index contributed by atoms with van der Waals surface area (Å²) < 4.78 is 10.1. The molecule has 6 heteroatoms. The predicted molar refractivity (Wildman–Crippen MR) is 73.1 cm³/mol. The highest BCUT2D eigenvalue weighted by molar-refractivity contribution is 5.97. The zero-order valence-electron chi connectivity index (χ0n) is 11.7. The smallest absolute Gasteiger partial charge is 0.328 e. The zero-order valence-corrected chi connectivity index (χ0v) is 11.7. The lowest BCUT2D eigenvalue weighted by Crippen LogP contribution is -2.41. The maximum atomic E-state index is 12.6. The third kappa shape index (κ3) is 2.47. The first-order valence-corrected chi connectivity index (χ1v) is 6.92. The Morgan fingerprint density at radius 1 is 1.43 bits per heavy atom. The number of aliphatic hydroxyl groups excluding tert-OH is 1. The molecule has 0 aliphatic carbocycles. The van der Waals surface area contributed by atoms with Crippen molar-refractivity contribution in [2.24, 2.45) is 0 Å². The first-order valence-electron chi connectivity index (χ1n) is 6.92. The van der Waals surface area contributed by atoms with Gasteiger partial charge >= 0.3 is 5.97 Å². The third-order valence-electron chi connectivity index (χ3n) is 3.95. The van der Waals surface area contributed by atoms with Crippen molar-refractivity contribution >= 4 is 11.9 Å². The number of likely N-dealkylation sites (tertiary alicyclic amines) is 1. The number of amides is 1. The standard InChI is InChI=1S/C15H17NO5/c1-20-15(19)12-7-11(17)8-16(12)14(18)10-2-3-13-9(6-10)4-5-21-13/h2-3,6,11-12,17H,4-5,7-8H2,1H3. The van der Waals surface area contributed by atoms with Crippen LogP contribution in [0.2, 0.25) is 0 Å². The SMILES string of the molecule is COC(=O)C1CC(O)CN1C(=O)c1ccc2c(c1)CCO2. The number of hydrogen-bond acceptors (Lipinski definition) is 5. The highest BCUT2D eigenvalue weighted by atomic mass is 16.5. The summed E-state index contributed by atoms with van der Waals surface area (Å²) in [4.78, 5) is 25.7. The van der Waals surface area contributed by atoms with Crippen LogP contribution in [0.15, 0.2) is 18.2 Å². The van der Waals surface area contributed by atoms with E-state index in [1.807, 2.05) is 0 Å². The third-order valence-corrected chi connectivity index (χ3v) is 3.95. The molecule has 1 saturated heterocycles. The van der Waals surface area contributed by atoms with Crippen molar-refractivity contribution in [3.05, 3.63) is 29.3 Å². The lowest BCUT2D eigenvalue weighted by Gasteiger charge is -2.22. The average molecular weight is 291 g/mol. The first kappa shape index (κ1) is 13.9. The summed E-state index contributed by atoms with van der Waals surface area (Å²) in [6.07, 6.45) is 0.294. The molecule has 1 fully saturated rings. The van der Waals surface area contributed by atoms with E-state index in [0.29, 0.717) is 12.2 Å². The summed E-state index contributed by atoms with van der Waals surface area (Å²) in [5, 5.41) is 9.74. The van der Waals surface area contributed by atoms with Crippen LogP contribution in [-0.4, -0.2) is 54.3 Å². The molecule has 112 valence electrons. The van der Waals surface area contributed by atoms with Crippen LogP contribution >= 0.6 is 0 Å². The van der Waals surface area contributed by atoms with E-state index in [0.717, 1.165) is 17.7 Å². The molecule has 0 saturated carbocycles. The van der Waals surface area contributed by atoms with E-state index < -0.39 is 18.1 Å². The Morgan fingerprint density at radius 2 is 2.24 bits per heavy atom. The second-order valence-corrected chi connectivity index (χ2v) is 5.31. The number of fused-ring (bicyclic) bond motifs is 1. The molecule has 3 rings (SSSR count). The Morgan fingerprint density at radius 3 is 3.00 bits per heavy atom. The van der Waals surface area contributed by atoms with Gasteiger partial charge in [0, 0.05) is 24.9 Å². The minimum absolute atomic E-state index is 0.145. The molecule has 2 unspecified atom stereocenters. The van der Waals surface area contributed by atoms with Crippen LogP contribution in [0.25, 0.3) is 0 Å². The Kier molecular flexibility index (Phi) is 3.55. The minimum Gasteiger partial charge on any atom is -0.493 e. The summed E-state index contributed by atoms with van der Waals surface area (Å²) in [6.45, 7) is 0.770. The number of esters is 1. The molecule has 0 aromatic heterocycles. The molecule has 2 aliphatic heterocycles. The summed E-state index contributed by atoms with van der Waals surface area (Å²) in [5.41, 5.74) is 1.50. The quantitative estimate of drug-likeness (QED) is 0.797. The summed E-state index contributed by atoms with van der Waals surface area (Å²) in [7, 11) is 1.28. The van der Waals surface area contributed by atoms with Crippen LogP contribution in [-0.2, 0) is 16.0 Å². The predicted octanol–water partition coefficient (Wildman–Crippen LogP) is 0.370. The molecule has 1 aromatic rings. The number of nitrogens with zero attached hydrogens (tertiary/aromatic N) is 1. The number of ether oxygens (including phenoxy) is 2. The summed E-state index contributed by atoms with van der Waals surface area (Å²) >= 11 is 0. The van der Waals surface area contributed by atoms with Gasteiger partial charge in [-0.05, 0) is 23.8 Å². The lowest BCUT2D eigenvalue weighted by molar-refractivity contribution is -0.145. The van der Waals surface area contributed by atoms with Crippen molar-refractivity contribution in [3.8, 4) is 5.75 Å². The fraction of sp³-hybridized carbons (Fsp3) is 0.467. The van der Waals surface area contributed by atoms with E-state index >= 15 is 0 Å². The van der Waals surface area contributed by atoms with Crippen molar-refractivity contribution in [1.29, 1.82) is 0 Å². The molecular weight excluding hydrogens is 274 g/mol. The number of benzene rings is 1. The van der Waals surface area contributed by atoms with Crippen molar-refractivity contribution in [3.63, 3.8) is 0 Å². The molecule has 2 heterocycles. The van der Waals surface area contributed by atoms with Crippen molar-refractivity contribution in [2.75, 3.05) is 20.3 Å². The number of aliphatic hydroxyl groups is 1. The molecule has 1 N–H and O–H groups in total. The maximum absolute atomic E-state index is 12.6. The fourth-order valence-electron chi connectivity index (χ4n) is 2.88. The van der Waals surface area contributed by atoms with Gasteiger partial charge in [-0.1, -0.05) is 0 Å². The van der Waals surface area contributed by atoms with Crippen molar-refractivity contribution in [2.45, 2.75) is 25.0 Å². The van der Waals surface area contributed by atoms with Crippen LogP contribution in [0, 0.1) is 0 Å². The molecule has 2 aliphatic rings. The summed E-state index contributed by atoms with van der Waals surface area (Å²) in [6, 6.07) is 4.53. The Labute approximate surface area is 122 Å². The van der Waals surface area contributed by atoms with Crippen LogP contribution in [0.5, 0.6) is 5.75 Å². The number of rotatable bonds is 2. The van der Waals surface area contributed by atoms with Gasteiger partial charge in [-0.3, -0.25) is 4.79 Å². The second kappa shape index (κ2) is 5.37. The van der Waals surface area contributed by atoms with Crippen molar-refractivity contribution < 1.29 is 24.2 Å². The number of β-amino-alcohol motifs (C(OH)–C–C–N with tert-alkyl or cyclic N) is 1. The Balaban J connectivity index is 1.85. The zero-order chi connectivity index (χ0) is 15.0. The van der Waals surface area contributed by atoms with Gasteiger partial charge < -0.3 is 19.5 Å². The molecule has 1 aromatic carbocycles. The Bertz CT molecular complexity index is 585. The average Bonchev–Trinajstić information content (AvgIpc) is 3.10. The molecular formula is C15H17NO5. The number of hydrogen-bond donors (Lipinski definition) is 1. The van der Waals surface area contributed by atoms with E-state index in [2.05, 4.69) is 0 Å². The Hall–Kier alpha value is -2.08. The molecule has 0 radical (unpaired) electrons. The molecule has 0 bridgehead atoms. The molecule has 1 amide bonds. The number of methoxy groups -OCH3 is 1. The van der Waals surface area contributed by atoms with E-state index in [1.165, 1.54) is 12.0 Å². The largest absolute Gasteiger partial charge is 0.493 e. The molecule has 21 heavy (non-hydrogen) atoms. The van der Waals surface area contributed by atoms with E-state index in [4.69, 9.17) is 9.47 Å². The van der Waals surface area contributed by atoms with Gasteiger partial charge in [0.05, 0.1) is 19.8 Å². The molecule has 6 nitrogen and oxygen atoms in total. The minimum atomic E-state index is -0.720. The van der Waals surface area contributed by atoms with Crippen LogP contribution < -0.4 is 4.74 Å². The summed E-state index contributed by atoms with van der Waals surface area (Å²) in [5.74, 6) is 0.0403. The molecule has 0 spiro atoms. The maximum Gasteiger partial charge on any atom is 0.328 e. The van der Waals surface area contributed by atoms with Gasteiger partial charge in [0.2, 0.25) is 0 Å². The number of carbonyl (C=O) groups is 2. The normalized spacial score (nSPS) is 23.6. The van der Waals surface area contributed by atoms with Gasteiger partial charge in [0.25, 0.3) is 5.91 Å². The van der Waals surface area contributed by atoms with Gasteiger partial charge in [0.15, 0.2) is 0 Å².